The minimum atomic E-state index is 0.897. The number of rotatable bonds is 7. The molecule has 2 N–H and O–H groups in total. The smallest absolute Gasteiger partial charge is 0.0359 e. The third-order valence-corrected chi connectivity index (χ3v) is 3.55. The Labute approximate surface area is 122 Å². The molecule has 0 atom stereocenters. The molecular weight excluding hydrogens is 244 g/mol. The summed E-state index contributed by atoms with van der Waals surface area (Å²) < 4.78 is 0. The largest absolute Gasteiger partial charge is 0.398 e. The van der Waals surface area contributed by atoms with Crippen molar-refractivity contribution in [1.29, 1.82) is 0 Å². The summed E-state index contributed by atoms with van der Waals surface area (Å²) in [7, 11) is 0. The van der Waals surface area contributed by atoms with Crippen LogP contribution in [-0.4, -0.2) is 18.0 Å². The van der Waals surface area contributed by atoms with Gasteiger partial charge in [-0.15, -0.1) is 0 Å². The zero-order chi connectivity index (χ0) is 14.2. The molecule has 0 bridgehead atoms. The van der Waals surface area contributed by atoms with Crippen molar-refractivity contribution in [3.63, 3.8) is 0 Å². The zero-order valence-corrected chi connectivity index (χ0v) is 12.3. The van der Waals surface area contributed by atoms with E-state index in [4.69, 9.17) is 5.73 Å². The number of anilines is 1. The number of hydrogen-bond acceptors (Lipinski definition) is 2. The van der Waals surface area contributed by atoms with E-state index >= 15 is 0 Å². The minimum Gasteiger partial charge on any atom is -0.398 e. The molecule has 2 rings (SSSR count). The second-order valence-electron chi connectivity index (χ2n) is 5.21. The van der Waals surface area contributed by atoms with Crippen molar-refractivity contribution in [1.82, 2.24) is 4.90 Å². The first-order valence-corrected chi connectivity index (χ1v) is 7.39. The number of hydrogen-bond donors (Lipinski definition) is 1. The van der Waals surface area contributed by atoms with Crippen LogP contribution in [0.2, 0.25) is 0 Å². The fourth-order valence-corrected chi connectivity index (χ4v) is 2.44. The number of nitrogens with zero attached hydrogens (tertiary/aromatic N) is 1. The lowest BCUT2D eigenvalue weighted by atomic mass is 10.1. The molecule has 0 heterocycles. The number of benzene rings is 2. The first kappa shape index (κ1) is 14.6. The molecule has 0 saturated heterocycles. The van der Waals surface area contributed by atoms with Crippen molar-refractivity contribution in [3.8, 4) is 0 Å². The van der Waals surface area contributed by atoms with Crippen molar-refractivity contribution < 1.29 is 0 Å². The average Bonchev–Trinajstić information content (AvgIpc) is 2.48. The van der Waals surface area contributed by atoms with Crippen LogP contribution in [-0.2, 0) is 13.0 Å². The SMILES string of the molecule is CCCN(CCc1ccccc1)Cc1ccccc1N. The maximum absolute atomic E-state index is 6.05. The highest BCUT2D eigenvalue weighted by Gasteiger charge is 2.07. The molecule has 106 valence electrons. The summed E-state index contributed by atoms with van der Waals surface area (Å²) in [5.41, 5.74) is 9.57. The molecule has 0 spiro atoms. The van der Waals surface area contributed by atoms with Crippen LogP contribution >= 0.6 is 0 Å². The normalized spacial score (nSPS) is 10.9. The number of para-hydroxylation sites is 1. The van der Waals surface area contributed by atoms with Gasteiger partial charge in [-0.1, -0.05) is 55.5 Å². The highest BCUT2D eigenvalue weighted by atomic mass is 15.1. The van der Waals surface area contributed by atoms with Gasteiger partial charge in [-0.25, -0.2) is 0 Å². The lowest BCUT2D eigenvalue weighted by Crippen LogP contribution is -2.27. The van der Waals surface area contributed by atoms with Gasteiger partial charge >= 0.3 is 0 Å². The van der Waals surface area contributed by atoms with Gasteiger partial charge in [0.05, 0.1) is 0 Å². The molecule has 0 fully saturated rings. The van der Waals surface area contributed by atoms with Crippen LogP contribution in [0.25, 0.3) is 0 Å². The van der Waals surface area contributed by atoms with Crippen molar-refractivity contribution in [2.45, 2.75) is 26.3 Å². The molecule has 20 heavy (non-hydrogen) atoms. The average molecular weight is 268 g/mol. The Balaban J connectivity index is 1.95. The summed E-state index contributed by atoms with van der Waals surface area (Å²) in [6, 6.07) is 18.8. The van der Waals surface area contributed by atoms with E-state index in [1.165, 1.54) is 17.5 Å². The summed E-state index contributed by atoms with van der Waals surface area (Å²) in [5.74, 6) is 0. The Morgan fingerprint density at radius 1 is 0.900 bits per heavy atom. The Kier molecular flexibility index (Phi) is 5.63. The second kappa shape index (κ2) is 7.71. The van der Waals surface area contributed by atoms with E-state index in [1.807, 2.05) is 12.1 Å². The Morgan fingerprint density at radius 2 is 1.60 bits per heavy atom. The molecule has 2 aromatic rings. The molecule has 2 heteroatoms. The van der Waals surface area contributed by atoms with Crippen molar-refractivity contribution in [2.75, 3.05) is 18.8 Å². The Bertz CT molecular complexity index is 508. The van der Waals surface area contributed by atoms with Crippen molar-refractivity contribution in [2.24, 2.45) is 0 Å². The van der Waals surface area contributed by atoms with Gasteiger partial charge in [0.25, 0.3) is 0 Å². The molecule has 0 saturated carbocycles. The highest BCUT2D eigenvalue weighted by molar-refractivity contribution is 5.46. The highest BCUT2D eigenvalue weighted by Crippen LogP contribution is 2.14. The van der Waals surface area contributed by atoms with Gasteiger partial charge < -0.3 is 5.73 Å². The second-order valence-corrected chi connectivity index (χ2v) is 5.21. The topological polar surface area (TPSA) is 29.3 Å². The van der Waals surface area contributed by atoms with Gasteiger partial charge in [0.15, 0.2) is 0 Å². The third kappa shape index (κ3) is 4.39. The van der Waals surface area contributed by atoms with Crippen molar-refractivity contribution >= 4 is 5.69 Å². The molecule has 0 aliphatic carbocycles. The lowest BCUT2D eigenvalue weighted by molar-refractivity contribution is 0.270. The summed E-state index contributed by atoms with van der Waals surface area (Å²) in [5, 5.41) is 0. The predicted octanol–water partition coefficient (Wildman–Crippen LogP) is 3.72. The lowest BCUT2D eigenvalue weighted by Gasteiger charge is -2.22. The van der Waals surface area contributed by atoms with Crippen LogP contribution in [0.5, 0.6) is 0 Å². The zero-order valence-electron chi connectivity index (χ0n) is 12.3. The van der Waals surface area contributed by atoms with Crippen LogP contribution in [0.15, 0.2) is 54.6 Å². The maximum atomic E-state index is 6.05. The molecular formula is C18H24N2. The van der Waals surface area contributed by atoms with E-state index in [2.05, 4.69) is 54.3 Å². The molecule has 0 amide bonds. The summed E-state index contributed by atoms with van der Waals surface area (Å²) in [4.78, 5) is 2.48. The van der Waals surface area contributed by atoms with Crippen LogP contribution in [0.1, 0.15) is 24.5 Å². The Morgan fingerprint density at radius 3 is 2.30 bits per heavy atom. The maximum Gasteiger partial charge on any atom is 0.0359 e. The summed E-state index contributed by atoms with van der Waals surface area (Å²) in [6.07, 6.45) is 2.26. The molecule has 2 aromatic carbocycles. The van der Waals surface area contributed by atoms with E-state index in [9.17, 15) is 0 Å². The van der Waals surface area contributed by atoms with Gasteiger partial charge in [-0.2, -0.15) is 0 Å². The van der Waals surface area contributed by atoms with E-state index in [-0.39, 0.29) is 0 Å². The fraction of sp³-hybridized carbons (Fsp3) is 0.333. The Hall–Kier alpha value is -1.80. The molecule has 0 aromatic heterocycles. The van der Waals surface area contributed by atoms with Gasteiger partial charge in [-0.05, 0) is 36.6 Å². The number of nitrogen functional groups attached to an aromatic ring is 1. The molecule has 0 unspecified atom stereocenters. The first-order chi connectivity index (χ1) is 9.79. The number of nitrogens with two attached hydrogens (primary N) is 1. The van der Waals surface area contributed by atoms with Crippen LogP contribution in [0.4, 0.5) is 5.69 Å². The summed E-state index contributed by atoms with van der Waals surface area (Å²) in [6.45, 7) is 5.35. The first-order valence-electron chi connectivity index (χ1n) is 7.39. The van der Waals surface area contributed by atoms with Gasteiger partial charge in [0, 0.05) is 18.8 Å². The fourth-order valence-electron chi connectivity index (χ4n) is 2.44. The predicted molar refractivity (Wildman–Crippen MR) is 86.6 cm³/mol. The van der Waals surface area contributed by atoms with Crippen LogP contribution in [0, 0.1) is 0 Å². The van der Waals surface area contributed by atoms with E-state index in [1.54, 1.807) is 0 Å². The van der Waals surface area contributed by atoms with Gasteiger partial charge in [0.1, 0.15) is 0 Å². The van der Waals surface area contributed by atoms with Gasteiger partial charge in [0.2, 0.25) is 0 Å². The standard InChI is InChI=1S/C18H24N2/c1-2-13-20(14-12-16-8-4-3-5-9-16)15-17-10-6-7-11-18(17)19/h3-11H,2,12-15,19H2,1H3. The minimum absolute atomic E-state index is 0.897. The van der Waals surface area contributed by atoms with Crippen LogP contribution < -0.4 is 5.73 Å². The van der Waals surface area contributed by atoms with E-state index < -0.39 is 0 Å². The van der Waals surface area contributed by atoms with E-state index in [0.717, 1.165) is 31.7 Å². The van der Waals surface area contributed by atoms with Gasteiger partial charge in [-0.3, -0.25) is 4.90 Å². The third-order valence-electron chi connectivity index (χ3n) is 3.55. The molecule has 2 nitrogen and oxygen atoms in total. The molecule has 0 aliphatic heterocycles. The van der Waals surface area contributed by atoms with E-state index in [0.29, 0.717) is 0 Å². The van der Waals surface area contributed by atoms with Crippen LogP contribution in [0.3, 0.4) is 0 Å². The molecule has 0 aliphatic rings. The van der Waals surface area contributed by atoms with Crippen molar-refractivity contribution in [3.05, 3.63) is 65.7 Å². The quantitative estimate of drug-likeness (QED) is 0.775. The molecule has 0 radical (unpaired) electrons. The summed E-state index contributed by atoms with van der Waals surface area (Å²) >= 11 is 0. The monoisotopic (exact) mass is 268 g/mol.